The largest absolute Gasteiger partial charge is 0.379 e. The van der Waals surface area contributed by atoms with Crippen molar-refractivity contribution in [2.45, 2.75) is 38.3 Å². The Bertz CT molecular complexity index is 602. The van der Waals surface area contributed by atoms with Gasteiger partial charge in [0.15, 0.2) is 5.96 Å². The van der Waals surface area contributed by atoms with Gasteiger partial charge in [-0.1, -0.05) is 30.3 Å². The van der Waals surface area contributed by atoms with Gasteiger partial charge in [-0.05, 0) is 31.7 Å². The second-order valence-corrected chi connectivity index (χ2v) is 7.78. The average molecular weight is 419 g/mol. The first-order chi connectivity index (χ1) is 14.9. The maximum atomic E-state index is 5.75. The summed E-state index contributed by atoms with van der Waals surface area (Å²) in [5, 5.41) is 6.81. The minimum atomic E-state index is 0.264. The highest BCUT2D eigenvalue weighted by Gasteiger charge is 2.22. The molecular formula is C23H38N4O3. The second-order valence-electron chi connectivity index (χ2n) is 7.78. The molecule has 168 valence electrons. The van der Waals surface area contributed by atoms with Crippen molar-refractivity contribution in [3.63, 3.8) is 0 Å². The first-order valence-corrected chi connectivity index (χ1v) is 11.4. The lowest BCUT2D eigenvalue weighted by molar-refractivity contribution is 0.0168. The van der Waals surface area contributed by atoms with E-state index < -0.39 is 0 Å². The number of nitrogens with zero attached hydrogens (tertiary/aromatic N) is 2. The van der Waals surface area contributed by atoms with Gasteiger partial charge in [0.25, 0.3) is 0 Å². The molecule has 0 aromatic heterocycles. The van der Waals surface area contributed by atoms with Crippen LogP contribution in [0.15, 0.2) is 35.3 Å². The van der Waals surface area contributed by atoms with Crippen molar-refractivity contribution in [3.8, 4) is 0 Å². The lowest BCUT2D eigenvalue weighted by Gasteiger charge is -2.34. The molecule has 0 amide bonds. The second kappa shape index (κ2) is 13.6. The van der Waals surface area contributed by atoms with E-state index >= 15 is 0 Å². The van der Waals surface area contributed by atoms with Gasteiger partial charge in [0.1, 0.15) is 0 Å². The van der Waals surface area contributed by atoms with Crippen molar-refractivity contribution >= 4 is 5.96 Å². The molecule has 7 nitrogen and oxygen atoms in total. The normalized spacial score (nSPS) is 21.5. The summed E-state index contributed by atoms with van der Waals surface area (Å²) in [4.78, 5) is 7.37. The van der Waals surface area contributed by atoms with Crippen LogP contribution in [0.25, 0.3) is 0 Å². The zero-order valence-corrected chi connectivity index (χ0v) is 18.4. The molecule has 2 saturated heterocycles. The Balaban J connectivity index is 1.46. The standard InChI is InChI=1S/C23H38N4O3/c1-2-24-23(25-11-7-14-29-19-21-10-6-15-30-21)26-18-22(20-8-4-3-5-9-20)27-12-16-28-17-13-27/h3-5,8-9,21-22H,2,6-7,10-19H2,1H3,(H2,24,25,26). The van der Waals surface area contributed by atoms with Crippen molar-refractivity contribution in [2.24, 2.45) is 4.99 Å². The predicted molar refractivity (Wildman–Crippen MR) is 120 cm³/mol. The third-order valence-corrected chi connectivity index (χ3v) is 5.52. The molecule has 1 aromatic carbocycles. The molecule has 2 N–H and O–H groups in total. The number of guanidine groups is 1. The molecule has 1 aromatic rings. The summed E-state index contributed by atoms with van der Waals surface area (Å²) < 4.78 is 16.9. The van der Waals surface area contributed by atoms with E-state index in [2.05, 4.69) is 52.8 Å². The molecule has 0 aliphatic carbocycles. The number of aliphatic imine (C=N–C) groups is 1. The van der Waals surface area contributed by atoms with Crippen molar-refractivity contribution < 1.29 is 14.2 Å². The Morgan fingerprint density at radius 2 is 2.03 bits per heavy atom. The minimum Gasteiger partial charge on any atom is -0.379 e. The molecule has 0 radical (unpaired) electrons. The van der Waals surface area contributed by atoms with Crippen LogP contribution in [-0.4, -0.2) is 82.7 Å². The molecule has 2 unspecified atom stereocenters. The van der Waals surface area contributed by atoms with Crippen LogP contribution in [0.3, 0.4) is 0 Å². The topological polar surface area (TPSA) is 67.4 Å². The summed E-state index contributed by atoms with van der Waals surface area (Å²) >= 11 is 0. The molecule has 7 heteroatoms. The molecule has 30 heavy (non-hydrogen) atoms. The van der Waals surface area contributed by atoms with Crippen LogP contribution in [0.5, 0.6) is 0 Å². The monoisotopic (exact) mass is 418 g/mol. The predicted octanol–water partition coefficient (Wildman–Crippen LogP) is 2.20. The highest BCUT2D eigenvalue weighted by molar-refractivity contribution is 5.79. The van der Waals surface area contributed by atoms with Gasteiger partial charge in [-0.2, -0.15) is 0 Å². The molecule has 0 saturated carbocycles. The SMILES string of the molecule is CCNC(=NCC(c1ccccc1)N1CCOCC1)NCCCOCC1CCCO1. The summed E-state index contributed by atoms with van der Waals surface area (Å²) in [7, 11) is 0. The number of hydrogen-bond acceptors (Lipinski definition) is 5. The van der Waals surface area contributed by atoms with E-state index in [0.29, 0.717) is 12.7 Å². The van der Waals surface area contributed by atoms with E-state index in [4.69, 9.17) is 19.2 Å². The Morgan fingerprint density at radius 1 is 1.20 bits per heavy atom. The van der Waals surface area contributed by atoms with Gasteiger partial charge in [0.05, 0.1) is 38.5 Å². The van der Waals surface area contributed by atoms with Crippen molar-refractivity contribution in [3.05, 3.63) is 35.9 Å². The Kier molecular flexibility index (Phi) is 10.4. The fourth-order valence-corrected chi connectivity index (χ4v) is 3.89. The van der Waals surface area contributed by atoms with E-state index in [1.165, 1.54) is 5.56 Å². The van der Waals surface area contributed by atoms with Crippen LogP contribution in [0.4, 0.5) is 0 Å². The molecule has 0 bridgehead atoms. The maximum Gasteiger partial charge on any atom is 0.191 e. The number of hydrogen-bond donors (Lipinski definition) is 2. The number of morpholine rings is 1. The highest BCUT2D eigenvalue weighted by atomic mass is 16.5. The third kappa shape index (κ3) is 7.87. The summed E-state index contributed by atoms with van der Waals surface area (Å²) in [6, 6.07) is 10.9. The van der Waals surface area contributed by atoms with Crippen LogP contribution in [0, 0.1) is 0 Å². The van der Waals surface area contributed by atoms with Crippen molar-refractivity contribution in [1.82, 2.24) is 15.5 Å². The smallest absolute Gasteiger partial charge is 0.191 e. The van der Waals surface area contributed by atoms with E-state index in [1.807, 2.05) is 0 Å². The van der Waals surface area contributed by atoms with Crippen molar-refractivity contribution in [1.29, 1.82) is 0 Å². The van der Waals surface area contributed by atoms with Crippen LogP contribution >= 0.6 is 0 Å². The van der Waals surface area contributed by atoms with Crippen LogP contribution in [-0.2, 0) is 14.2 Å². The number of nitrogens with one attached hydrogen (secondary N) is 2. The van der Waals surface area contributed by atoms with Gasteiger partial charge in [-0.3, -0.25) is 9.89 Å². The number of ether oxygens (including phenoxy) is 3. The Hall–Kier alpha value is -1.67. The van der Waals surface area contributed by atoms with Gasteiger partial charge >= 0.3 is 0 Å². The minimum absolute atomic E-state index is 0.264. The summed E-state index contributed by atoms with van der Waals surface area (Å²) in [5.41, 5.74) is 1.31. The van der Waals surface area contributed by atoms with E-state index in [9.17, 15) is 0 Å². The number of rotatable bonds is 11. The Labute approximate surface area is 181 Å². The summed E-state index contributed by atoms with van der Waals surface area (Å²) in [5.74, 6) is 0.866. The molecule has 2 heterocycles. The van der Waals surface area contributed by atoms with Gasteiger partial charge in [0, 0.05) is 39.4 Å². The summed E-state index contributed by atoms with van der Waals surface area (Å²) in [6.07, 6.45) is 3.53. The molecular weight excluding hydrogens is 380 g/mol. The fraction of sp³-hybridized carbons (Fsp3) is 0.696. The van der Waals surface area contributed by atoms with Crippen LogP contribution < -0.4 is 10.6 Å². The lowest BCUT2D eigenvalue weighted by atomic mass is 10.1. The first-order valence-electron chi connectivity index (χ1n) is 11.4. The molecule has 2 aliphatic rings. The average Bonchev–Trinajstić information content (AvgIpc) is 3.31. The maximum absolute atomic E-state index is 5.75. The quantitative estimate of drug-likeness (QED) is 0.326. The van der Waals surface area contributed by atoms with Gasteiger partial charge < -0.3 is 24.8 Å². The van der Waals surface area contributed by atoms with Crippen molar-refractivity contribution in [2.75, 3.05) is 65.8 Å². The van der Waals surface area contributed by atoms with E-state index in [-0.39, 0.29) is 6.04 Å². The zero-order valence-electron chi connectivity index (χ0n) is 18.4. The fourth-order valence-electron chi connectivity index (χ4n) is 3.89. The molecule has 2 fully saturated rings. The van der Waals surface area contributed by atoms with Crippen LogP contribution in [0.1, 0.15) is 37.8 Å². The molecule has 2 aliphatic heterocycles. The molecule has 3 rings (SSSR count). The summed E-state index contributed by atoms with van der Waals surface area (Å²) in [6.45, 7) is 10.3. The lowest BCUT2D eigenvalue weighted by Crippen LogP contribution is -2.42. The van der Waals surface area contributed by atoms with Gasteiger partial charge in [0.2, 0.25) is 0 Å². The molecule has 0 spiro atoms. The van der Waals surface area contributed by atoms with Gasteiger partial charge in [-0.25, -0.2) is 0 Å². The number of benzene rings is 1. The zero-order chi connectivity index (χ0) is 20.9. The highest BCUT2D eigenvalue weighted by Crippen LogP contribution is 2.22. The Morgan fingerprint density at radius 3 is 2.77 bits per heavy atom. The van der Waals surface area contributed by atoms with E-state index in [0.717, 1.165) is 84.4 Å². The first kappa shape index (κ1) is 23.0. The van der Waals surface area contributed by atoms with Crippen LogP contribution in [0.2, 0.25) is 0 Å². The van der Waals surface area contributed by atoms with E-state index in [1.54, 1.807) is 0 Å². The van der Waals surface area contributed by atoms with Gasteiger partial charge in [-0.15, -0.1) is 0 Å². The third-order valence-electron chi connectivity index (χ3n) is 5.52. The molecule has 2 atom stereocenters.